The minimum atomic E-state index is -0.127. The minimum absolute atomic E-state index is 0.127. The molecule has 0 spiro atoms. The van der Waals surface area contributed by atoms with Gasteiger partial charge in [-0.15, -0.1) is 0 Å². The van der Waals surface area contributed by atoms with E-state index in [-0.39, 0.29) is 12.3 Å². The van der Waals surface area contributed by atoms with Crippen molar-refractivity contribution >= 4 is 34.1 Å². The first-order chi connectivity index (χ1) is 13.2. The van der Waals surface area contributed by atoms with Crippen molar-refractivity contribution in [1.82, 2.24) is 15.1 Å². The van der Waals surface area contributed by atoms with E-state index in [1.54, 1.807) is 18.3 Å². The number of pyridine rings is 1. The van der Waals surface area contributed by atoms with E-state index in [1.165, 1.54) is 0 Å². The van der Waals surface area contributed by atoms with Crippen molar-refractivity contribution in [2.45, 2.75) is 12.8 Å². The summed E-state index contributed by atoms with van der Waals surface area (Å²) < 4.78 is 5.24. The Morgan fingerprint density at radius 3 is 2.78 bits per heavy atom. The van der Waals surface area contributed by atoms with E-state index >= 15 is 0 Å². The molecule has 0 aliphatic rings. The van der Waals surface area contributed by atoms with Crippen molar-refractivity contribution < 1.29 is 9.32 Å². The Morgan fingerprint density at radius 1 is 1.07 bits per heavy atom. The van der Waals surface area contributed by atoms with Gasteiger partial charge in [0.2, 0.25) is 17.6 Å². The van der Waals surface area contributed by atoms with Gasteiger partial charge in [-0.2, -0.15) is 4.98 Å². The molecular formula is C20H15ClN4O2. The van der Waals surface area contributed by atoms with Gasteiger partial charge in [0.15, 0.2) is 0 Å². The number of hydrogen-bond donors (Lipinski definition) is 1. The Labute approximate surface area is 160 Å². The maximum absolute atomic E-state index is 12.3. The molecule has 0 aliphatic carbocycles. The van der Waals surface area contributed by atoms with Crippen molar-refractivity contribution in [3.63, 3.8) is 0 Å². The van der Waals surface area contributed by atoms with Crippen molar-refractivity contribution in [1.29, 1.82) is 0 Å². The Balaban J connectivity index is 1.40. The maximum atomic E-state index is 12.3. The number of aryl methyl sites for hydroxylation is 1. The van der Waals surface area contributed by atoms with Gasteiger partial charge < -0.3 is 9.84 Å². The van der Waals surface area contributed by atoms with Crippen LogP contribution in [0.4, 0.5) is 5.69 Å². The van der Waals surface area contributed by atoms with E-state index in [4.69, 9.17) is 16.1 Å². The van der Waals surface area contributed by atoms with Gasteiger partial charge in [-0.25, -0.2) is 0 Å². The lowest BCUT2D eigenvalue weighted by Crippen LogP contribution is -2.12. The molecule has 0 bridgehead atoms. The predicted molar refractivity (Wildman–Crippen MR) is 103 cm³/mol. The molecule has 0 saturated carbocycles. The molecule has 0 unspecified atom stereocenters. The molecule has 0 aliphatic heterocycles. The van der Waals surface area contributed by atoms with Crippen LogP contribution in [0, 0.1) is 0 Å². The quantitative estimate of drug-likeness (QED) is 0.552. The number of nitrogens with one attached hydrogen (secondary N) is 1. The fourth-order valence-electron chi connectivity index (χ4n) is 2.72. The molecule has 134 valence electrons. The zero-order chi connectivity index (χ0) is 18.6. The zero-order valence-corrected chi connectivity index (χ0v) is 15.0. The number of amides is 1. The van der Waals surface area contributed by atoms with E-state index in [9.17, 15) is 4.79 Å². The first kappa shape index (κ1) is 17.2. The highest BCUT2D eigenvalue weighted by Gasteiger charge is 2.12. The highest BCUT2D eigenvalue weighted by atomic mass is 35.5. The maximum Gasteiger partial charge on any atom is 0.227 e. The fraction of sp³-hybridized carbons (Fsp3) is 0.100. The predicted octanol–water partition coefficient (Wildman–Crippen LogP) is 4.51. The second-order valence-electron chi connectivity index (χ2n) is 5.94. The minimum Gasteiger partial charge on any atom is -0.339 e. The molecule has 4 aromatic rings. The summed E-state index contributed by atoms with van der Waals surface area (Å²) in [5.41, 5.74) is 2.37. The highest BCUT2D eigenvalue weighted by Crippen LogP contribution is 2.22. The Bertz CT molecular complexity index is 1090. The van der Waals surface area contributed by atoms with E-state index < -0.39 is 0 Å². The van der Waals surface area contributed by atoms with Crippen LogP contribution in [0.25, 0.3) is 22.3 Å². The van der Waals surface area contributed by atoms with Crippen LogP contribution in [0.1, 0.15) is 12.3 Å². The molecule has 1 amide bonds. The molecule has 6 nitrogen and oxygen atoms in total. The molecule has 0 atom stereocenters. The molecular weight excluding hydrogens is 364 g/mol. The third-order valence-electron chi connectivity index (χ3n) is 4.06. The summed E-state index contributed by atoms with van der Waals surface area (Å²) in [6, 6.07) is 16.6. The molecule has 7 heteroatoms. The summed E-state index contributed by atoms with van der Waals surface area (Å²) in [5.74, 6) is 0.759. The average Bonchev–Trinajstić information content (AvgIpc) is 3.16. The smallest absolute Gasteiger partial charge is 0.227 e. The van der Waals surface area contributed by atoms with Gasteiger partial charge in [0.05, 0.1) is 11.2 Å². The largest absolute Gasteiger partial charge is 0.339 e. The van der Waals surface area contributed by atoms with E-state index in [1.807, 2.05) is 42.5 Å². The number of rotatable bonds is 5. The van der Waals surface area contributed by atoms with Crippen molar-refractivity contribution in [2.24, 2.45) is 0 Å². The molecule has 0 radical (unpaired) electrons. The molecule has 2 aromatic heterocycles. The van der Waals surface area contributed by atoms with Crippen LogP contribution in [0.15, 0.2) is 65.3 Å². The number of carbonyl (C=O) groups excluding carboxylic acids is 1. The van der Waals surface area contributed by atoms with E-state index in [0.717, 1.165) is 22.2 Å². The molecule has 2 heterocycles. The lowest BCUT2D eigenvalue weighted by molar-refractivity contribution is -0.116. The summed E-state index contributed by atoms with van der Waals surface area (Å²) in [4.78, 5) is 20.9. The van der Waals surface area contributed by atoms with Crippen molar-refractivity contribution in [3.05, 3.63) is 71.7 Å². The Hall–Kier alpha value is -3.25. The monoisotopic (exact) mass is 378 g/mol. The number of anilines is 1. The number of benzene rings is 2. The topological polar surface area (TPSA) is 80.9 Å². The molecule has 0 fully saturated rings. The Kier molecular flexibility index (Phi) is 4.80. The van der Waals surface area contributed by atoms with Crippen LogP contribution in [0.2, 0.25) is 5.02 Å². The van der Waals surface area contributed by atoms with Crippen LogP contribution >= 0.6 is 11.6 Å². The first-order valence-electron chi connectivity index (χ1n) is 8.41. The molecule has 4 rings (SSSR count). The third-order valence-corrected chi connectivity index (χ3v) is 4.31. The number of fused-ring (bicyclic) bond motifs is 1. The van der Waals surface area contributed by atoms with Gasteiger partial charge in [-0.3, -0.25) is 9.78 Å². The number of aromatic nitrogens is 3. The highest BCUT2D eigenvalue weighted by molar-refractivity contribution is 6.30. The summed E-state index contributed by atoms with van der Waals surface area (Å²) in [7, 11) is 0. The van der Waals surface area contributed by atoms with Gasteiger partial charge in [0, 0.05) is 35.0 Å². The second-order valence-corrected chi connectivity index (χ2v) is 6.38. The number of halogens is 1. The average molecular weight is 379 g/mol. The SMILES string of the molecule is O=C(CCc1nc(-c2ccc(Cl)cc2)no1)Nc1cccc2ncccc12. The summed E-state index contributed by atoms with van der Waals surface area (Å²) in [5, 5.41) is 8.41. The summed E-state index contributed by atoms with van der Waals surface area (Å²) in [6.07, 6.45) is 2.32. The van der Waals surface area contributed by atoms with E-state index in [0.29, 0.717) is 23.2 Å². The van der Waals surface area contributed by atoms with Crippen LogP contribution in [0.3, 0.4) is 0 Å². The fourth-order valence-corrected chi connectivity index (χ4v) is 2.84. The summed E-state index contributed by atoms with van der Waals surface area (Å²) >= 11 is 5.88. The van der Waals surface area contributed by atoms with Crippen LogP contribution in [0.5, 0.6) is 0 Å². The Morgan fingerprint density at radius 2 is 1.93 bits per heavy atom. The van der Waals surface area contributed by atoms with Gasteiger partial charge in [0.25, 0.3) is 0 Å². The molecule has 27 heavy (non-hydrogen) atoms. The molecule has 1 N–H and O–H groups in total. The lowest BCUT2D eigenvalue weighted by Gasteiger charge is -2.07. The number of hydrogen-bond acceptors (Lipinski definition) is 5. The van der Waals surface area contributed by atoms with E-state index in [2.05, 4.69) is 20.4 Å². The van der Waals surface area contributed by atoms with Crippen molar-refractivity contribution in [3.8, 4) is 11.4 Å². The normalized spacial score (nSPS) is 10.9. The lowest BCUT2D eigenvalue weighted by atomic mass is 10.1. The van der Waals surface area contributed by atoms with Gasteiger partial charge >= 0.3 is 0 Å². The van der Waals surface area contributed by atoms with Crippen LogP contribution in [-0.4, -0.2) is 21.0 Å². The van der Waals surface area contributed by atoms with Crippen molar-refractivity contribution in [2.75, 3.05) is 5.32 Å². The number of carbonyl (C=O) groups is 1. The standard InChI is InChI=1S/C20H15ClN4O2/c21-14-8-6-13(7-9-14)20-24-19(27-25-20)11-10-18(26)23-17-5-1-4-16-15(17)3-2-12-22-16/h1-9,12H,10-11H2,(H,23,26). The zero-order valence-electron chi connectivity index (χ0n) is 14.2. The van der Waals surface area contributed by atoms with Crippen LogP contribution < -0.4 is 5.32 Å². The molecule has 0 saturated heterocycles. The van der Waals surface area contributed by atoms with Gasteiger partial charge in [0.1, 0.15) is 0 Å². The van der Waals surface area contributed by atoms with Gasteiger partial charge in [-0.1, -0.05) is 22.8 Å². The molecule has 2 aromatic carbocycles. The second kappa shape index (κ2) is 7.55. The number of nitrogens with zero attached hydrogens (tertiary/aromatic N) is 3. The summed E-state index contributed by atoms with van der Waals surface area (Å²) in [6.45, 7) is 0. The first-order valence-corrected chi connectivity index (χ1v) is 8.79. The van der Waals surface area contributed by atoms with Gasteiger partial charge in [-0.05, 0) is 48.5 Å². The van der Waals surface area contributed by atoms with Crippen LogP contribution in [-0.2, 0) is 11.2 Å². The third kappa shape index (κ3) is 3.96.